The number of rotatable bonds is 5. The highest BCUT2D eigenvalue weighted by Crippen LogP contribution is 2.37. The molecule has 2 N–H and O–H groups in total. The summed E-state index contributed by atoms with van der Waals surface area (Å²) in [6.07, 6.45) is 3.56. The Morgan fingerprint density at radius 2 is 2.17 bits per heavy atom. The third-order valence-electron chi connectivity index (χ3n) is 4.98. The quantitative estimate of drug-likeness (QED) is 0.799. The van der Waals surface area contributed by atoms with Gasteiger partial charge in [0.05, 0.1) is 12.8 Å². The molecule has 4 nitrogen and oxygen atoms in total. The van der Waals surface area contributed by atoms with E-state index >= 15 is 0 Å². The first kappa shape index (κ1) is 18.4. The highest BCUT2D eigenvalue weighted by atomic mass is 28.4. The van der Waals surface area contributed by atoms with E-state index in [0.29, 0.717) is 18.2 Å². The zero-order valence-corrected chi connectivity index (χ0v) is 16.0. The number of anilines is 1. The molecule has 1 aliphatic rings. The molecule has 2 heterocycles. The predicted octanol–water partition coefficient (Wildman–Crippen LogP) is 3.91. The second kappa shape index (κ2) is 7.28. The number of nitrogens with one attached hydrogen (secondary N) is 2. The first-order chi connectivity index (χ1) is 10.7. The van der Waals surface area contributed by atoms with Crippen LogP contribution in [0.15, 0.2) is 12.3 Å². The normalized spacial score (nSPS) is 19.7. The maximum atomic E-state index is 14.1. The molecule has 1 aromatic heterocycles. The predicted molar refractivity (Wildman–Crippen MR) is 95.7 cm³/mol. The topological polar surface area (TPSA) is 46.2 Å². The van der Waals surface area contributed by atoms with Crippen molar-refractivity contribution < 1.29 is 8.82 Å². The van der Waals surface area contributed by atoms with Crippen LogP contribution in [0.4, 0.5) is 10.2 Å². The second-order valence-corrected chi connectivity index (χ2v) is 12.7. The molecular weight excluding hydrogens is 309 g/mol. The molecule has 0 amide bonds. The summed E-state index contributed by atoms with van der Waals surface area (Å²) < 4.78 is 20.2. The third kappa shape index (κ3) is 4.99. The molecule has 0 bridgehead atoms. The summed E-state index contributed by atoms with van der Waals surface area (Å²) in [5, 5.41) is 6.87. The van der Waals surface area contributed by atoms with Crippen molar-refractivity contribution in [3.8, 4) is 0 Å². The molecule has 1 unspecified atom stereocenters. The summed E-state index contributed by atoms with van der Waals surface area (Å²) in [4.78, 5) is 4.17. The standard InChI is InChI=1S/C17H30FN3OSi/c1-17(2,3)23(4,5)22-12-13-9-16(20-11-15(13)18)21-14-7-6-8-19-10-14/h9,11,14,19H,6-8,10,12H2,1-5H3,(H,20,21). The van der Waals surface area contributed by atoms with Gasteiger partial charge in [0.1, 0.15) is 11.6 Å². The lowest BCUT2D eigenvalue weighted by molar-refractivity contribution is 0.271. The van der Waals surface area contributed by atoms with E-state index in [1.54, 1.807) is 6.07 Å². The number of hydrogen-bond acceptors (Lipinski definition) is 4. The van der Waals surface area contributed by atoms with Crippen molar-refractivity contribution >= 4 is 14.1 Å². The minimum Gasteiger partial charge on any atom is -0.412 e. The summed E-state index contributed by atoms with van der Waals surface area (Å²) in [5.41, 5.74) is 0.580. The van der Waals surface area contributed by atoms with E-state index in [-0.39, 0.29) is 10.9 Å². The highest BCUT2D eigenvalue weighted by molar-refractivity contribution is 6.74. The van der Waals surface area contributed by atoms with Crippen LogP contribution >= 0.6 is 0 Å². The van der Waals surface area contributed by atoms with Crippen LogP contribution in [0.1, 0.15) is 39.2 Å². The average Bonchev–Trinajstić information content (AvgIpc) is 2.48. The van der Waals surface area contributed by atoms with E-state index in [0.717, 1.165) is 31.7 Å². The van der Waals surface area contributed by atoms with Gasteiger partial charge in [-0.2, -0.15) is 0 Å². The Balaban J connectivity index is 2.02. The minimum atomic E-state index is -1.89. The SMILES string of the molecule is CC(C)(C)[Si](C)(C)OCc1cc(NC2CCCNC2)ncc1F. The molecule has 0 aliphatic carbocycles. The van der Waals surface area contributed by atoms with Crippen LogP contribution in [0.2, 0.25) is 18.1 Å². The van der Waals surface area contributed by atoms with Crippen LogP contribution in [-0.4, -0.2) is 32.4 Å². The van der Waals surface area contributed by atoms with Crippen molar-refractivity contribution in [1.82, 2.24) is 10.3 Å². The van der Waals surface area contributed by atoms with Crippen LogP contribution in [0, 0.1) is 5.82 Å². The Morgan fingerprint density at radius 3 is 2.78 bits per heavy atom. The van der Waals surface area contributed by atoms with Gasteiger partial charge in [-0.05, 0) is 43.6 Å². The second-order valence-electron chi connectivity index (χ2n) is 7.90. The zero-order chi connectivity index (χ0) is 17.1. The summed E-state index contributed by atoms with van der Waals surface area (Å²) in [7, 11) is -1.89. The molecule has 1 aromatic rings. The Morgan fingerprint density at radius 1 is 1.43 bits per heavy atom. The molecule has 1 saturated heterocycles. The largest absolute Gasteiger partial charge is 0.412 e. The van der Waals surface area contributed by atoms with Gasteiger partial charge in [-0.1, -0.05) is 20.8 Å². The summed E-state index contributed by atoms with van der Waals surface area (Å²) in [6, 6.07) is 2.15. The molecule has 1 aliphatic heterocycles. The number of pyridine rings is 1. The van der Waals surface area contributed by atoms with E-state index in [2.05, 4.69) is 49.5 Å². The fourth-order valence-electron chi connectivity index (χ4n) is 2.33. The molecule has 0 spiro atoms. The van der Waals surface area contributed by atoms with Gasteiger partial charge in [-0.25, -0.2) is 9.37 Å². The van der Waals surface area contributed by atoms with Gasteiger partial charge in [0, 0.05) is 18.2 Å². The Hall–Kier alpha value is -0.983. The summed E-state index contributed by atoms with van der Waals surface area (Å²) in [5.74, 6) is 0.435. The van der Waals surface area contributed by atoms with Crippen molar-refractivity contribution in [3.05, 3.63) is 23.6 Å². The fourth-order valence-corrected chi connectivity index (χ4v) is 3.28. The van der Waals surface area contributed by atoms with E-state index in [4.69, 9.17) is 4.43 Å². The van der Waals surface area contributed by atoms with Gasteiger partial charge < -0.3 is 15.1 Å². The Kier molecular flexibility index (Phi) is 5.81. The summed E-state index contributed by atoms with van der Waals surface area (Å²) in [6.45, 7) is 13.2. The zero-order valence-electron chi connectivity index (χ0n) is 15.0. The number of nitrogens with zero attached hydrogens (tertiary/aromatic N) is 1. The van der Waals surface area contributed by atoms with Crippen molar-refractivity contribution in [3.63, 3.8) is 0 Å². The van der Waals surface area contributed by atoms with Crippen molar-refractivity contribution in [2.45, 2.75) is 64.4 Å². The molecule has 23 heavy (non-hydrogen) atoms. The molecule has 130 valence electrons. The first-order valence-corrected chi connectivity index (χ1v) is 11.4. The number of piperidine rings is 1. The van der Waals surface area contributed by atoms with Crippen LogP contribution in [0.5, 0.6) is 0 Å². The molecule has 2 rings (SSSR count). The minimum absolute atomic E-state index is 0.116. The highest BCUT2D eigenvalue weighted by Gasteiger charge is 2.37. The molecule has 0 radical (unpaired) electrons. The van der Waals surface area contributed by atoms with E-state index in [1.165, 1.54) is 6.20 Å². The van der Waals surface area contributed by atoms with Gasteiger partial charge in [-0.3, -0.25) is 0 Å². The van der Waals surface area contributed by atoms with Gasteiger partial charge in [0.25, 0.3) is 0 Å². The van der Waals surface area contributed by atoms with Gasteiger partial charge in [0.15, 0.2) is 8.32 Å². The maximum absolute atomic E-state index is 14.1. The lowest BCUT2D eigenvalue weighted by Gasteiger charge is -2.36. The van der Waals surface area contributed by atoms with Crippen LogP contribution in [-0.2, 0) is 11.0 Å². The number of halogens is 1. The maximum Gasteiger partial charge on any atom is 0.192 e. The number of hydrogen-bond donors (Lipinski definition) is 2. The summed E-state index contributed by atoms with van der Waals surface area (Å²) >= 11 is 0. The van der Waals surface area contributed by atoms with Crippen molar-refractivity contribution in [1.29, 1.82) is 0 Å². The molecule has 1 atom stereocenters. The third-order valence-corrected chi connectivity index (χ3v) is 9.46. The monoisotopic (exact) mass is 339 g/mol. The van der Waals surface area contributed by atoms with E-state index in [9.17, 15) is 4.39 Å². The Bertz CT molecular complexity index is 525. The van der Waals surface area contributed by atoms with Gasteiger partial charge >= 0.3 is 0 Å². The van der Waals surface area contributed by atoms with E-state index < -0.39 is 8.32 Å². The van der Waals surface area contributed by atoms with Crippen molar-refractivity contribution in [2.24, 2.45) is 0 Å². The average molecular weight is 340 g/mol. The van der Waals surface area contributed by atoms with Gasteiger partial charge in [0.2, 0.25) is 0 Å². The lowest BCUT2D eigenvalue weighted by atomic mass is 10.1. The first-order valence-electron chi connectivity index (χ1n) is 8.45. The van der Waals surface area contributed by atoms with Crippen molar-refractivity contribution in [2.75, 3.05) is 18.4 Å². The van der Waals surface area contributed by atoms with Crippen LogP contribution in [0.25, 0.3) is 0 Å². The molecular formula is C17H30FN3OSi. The molecule has 6 heteroatoms. The van der Waals surface area contributed by atoms with Crippen LogP contribution in [0.3, 0.4) is 0 Å². The molecule has 0 saturated carbocycles. The van der Waals surface area contributed by atoms with Crippen LogP contribution < -0.4 is 10.6 Å². The van der Waals surface area contributed by atoms with Gasteiger partial charge in [-0.15, -0.1) is 0 Å². The molecule has 1 fully saturated rings. The van der Waals surface area contributed by atoms with E-state index in [1.807, 2.05) is 0 Å². The fraction of sp³-hybridized carbons (Fsp3) is 0.706. The Labute approximate surface area is 140 Å². The lowest BCUT2D eigenvalue weighted by Crippen LogP contribution is -2.40. The smallest absolute Gasteiger partial charge is 0.192 e. The number of aromatic nitrogens is 1. The molecule has 0 aromatic carbocycles.